The van der Waals surface area contributed by atoms with Gasteiger partial charge in [0.1, 0.15) is 11.5 Å². The summed E-state index contributed by atoms with van der Waals surface area (Å²) < 4.78 is 10.5. The topological polar surface area (TPSA) is 67.9 Å². The Morgan fingerprint density at radius 2 is 1.76 bits per heavy atom. The first-order chi connectivity index (χ1) is 14.1. The molecule has 6 heteroatoms. The zero-order valence-electron chi connectivity index (χ0n) is 17.0. The van der Waals surface area contributed by atoms with Crippen LogP contribution in [-0.4, -0.2) is 44.0 Å². The first-order valence-corrected chi connectivity index (χ1v) is 9.97. The molecule has 0 spiro atoms. The number of likely N-dealkylation sites (tertiary alicyclic amines) is 1. The van der Waals surface area contributed by atoms with Crippen molar-refractivity contribution in [3.63, 3.8) is 0 Å². The first-order valence-electron chi connectivity index (χ1n) is 9.97. The van der Waals surface area contributed by atoms with E-state index in [1.54, 1.807) is 32.4 Å². The Kier molecular flexibility index (Phi) is 7.11. The Morgan fingerprint density at radius 1 is 1.03 bits per heavy atom. The Labute approximate surface area is 171 Å². The summed E-state index contributed by atoms with van der Waals surface area (Å²) in [5.74, 6) is 1.77. The molecule has 0 saturated carbocycles. The van der Waals surface area contributed by atoms with Crippen molar-refractivity contribution in [2.45, 2.75) is 25.7 Å². The second-order valence-corrected chi connectivity index (χ2v) is 7.25. The number of anilines is 1. The van der Waals surface area contributed by atoms with Gasteiger partial charge < -0.3 is 19.7 Å². The van der Waals surface area contributed by atoms with Crippen LogP contribution in [0.4, 0.5) is 5.69 Å². The van der Waals surface area contributed by atoms with E-state index in [1.807, 2.05) is 35.2 Å². The van der Waals surface area contributed by atoms with Gasteiger partial charge in [-0.15, -0.1) is 0 Å². The van der Waals surface area contributed by atoms with Crippen LogP contribution >= 0.6 is 0 Å². The fraction of sp³-hybridized carbons (Fsp3) is 0.391. The quantitative estimate of drug-likeness (QED) is 0.769. The van der Waals surface area contributed by atoms with Crippen molar-refractivity contribution in [1.82, 2.24) is 4.90 Å². The minimum absolute atomic E-state index is 0.0312. The summed E-state index contributed by atoms with van der Waals surface area (Å²) in [6, 6.07) is 14.7. The molecule has 1 saturated heterocycles. The molecule has 1 N–H and O–H groups in total. The standard InChI is InChI=1S/C23H28N2O4/c1-28-19-9-10-20(21(16-19)29-2)24-22(26)11-8-17-12-14-25(15-13-17)23(27)18-6-4-3-5-7-18/h3-7,9-10,16-17H,8,11-15H2,1-2H3,(H,24,26). The molecule has 154 valence electrons. The molecule has 0 aliphatic carbocycles. The van der Waals surface area contributed by atoms with E-state index in [0.717, 1.165) is 37.9 Å². The van der Waals surface area contributed by atoms with Gasteiger partial charge in [0, 0.05) is 31.1 Å². The highest BCUT2D eigenvalue weighted by Crippen LogP contribution is 2.29. The van der Waals surface area contributed by atoms with Gasteiger partial charge in [-0.2, -0.15) is 0 Å². The maximum absolute atomic E-state index is 12.5. The summed E-state index contributed by atoms with van der Waals surface area (Å²) >= 11 is 0. The highest BCUT2D eigenvalue weighted by atomic mass is 16.5. The van der Waals surface area contributed by atoms with Crippen molar-refractivity contribution in [2.24, 2.45) is 5.92 Å². The lowest BCUT2D eigenvalue weighted by Crippen LogP contribution is -2.38. The van der Waals surface area contributed by atoms with Crippen LogP contribution in [0.1, 0.15) is 36.0 Å². The van der Waals surface area contributed by atoms with Crippen molar-refractivity contribution in [2.75, 3.05) is 32.6 Å². The normalized spacial score (nSPS) is 14.3. The summed E-state index contributed by atoms with van der Waals surface area (Å²) in [6.45, 7) is 1.48. The van der Waals surface area contributed by atoms with E-state index in [1.165, 1.54) is 0 Å². The van der Waals surface area contributed by atoms with Crippen LogP contribution in [0.3, 0.4) is 0 Å². The molecule has 0 radical (unpaired) electrons. The average molecular weight is 396 g/mol. The lowest BCUT2D eigenvalue weighted by Gasteiger charge is -2.32. The van der Waals surface area contributed by atoms with Gasteiger partial charge in [0.05, 0.1) is 19.9 Å². The number of nitrogens with zero attached hydrogens (tertiary/aromatic N) is 1. The Bertz CT molecular complexity index is 830. The highest BCUT2D eigenvalue weighted by Gasteiger charge is 2.24. The molecule has 29 heavy (non-hydrogen) atoms. The van der Waals surface area contributed by atoms with Crippen LogP contribution in [0, 0.1) is 5.92 Å². The molecule has 1 heterocycles. The number of hydrogen-bond acceptors (Lipinski definition) is 4. The Balaban J connectivity index is 1.44. The number of carbonyl (C=O) groups excluding carboxylic acids is 2. The van der Waals surface area contributed by atoms with Gasteiger partial charge >= 0.3 is 0 Å². The van der Waals surface area contributed by atoms with Crippen molar-refractivity contribution in [3.05, 3.63) is 54.1 Å². The third kappa shape index (κ3) is 5.50. The van der Waals surface area contributed by atoms with Crippen molar-refractivity contribution >= 4 is 17.5 Å². The summed E-state index contributed by atoms with van der Waals surface area (Å²) in [4.78, 5) is 26.8. The van der Waals surface area contributed by atoms with Gasteiger partial charge in [0.15, 0.2) is 0 Å². The second-order valence-electron chi connectivity index (χ2n) is 7.25. The van der Waals surface area contributed by atoms with Gasteiger partial charge in [-0.3, -0.25) is 9.59 Å². The summed E-state index contributed by atoms with van der Waals surface area (Å²) in [6.07, 6.45) is 3.12. The number of nitrogens with one attached hydrogen (secondary N) is 1. The monoisotopic (exact) mass is 396 g/mol. The summed E-state index contributed by atoms with van der Waals surface area (Å²) in [7, 11) is 3.15. The van der Waals surface area contributed by atoms with E-state index >= 15 is 0 Å². The number of benzene rings is 2. The maximum atomic E-state index is 12.5. The van der Waals surface area contributed by atoms with Crippen LogP contribution in [0.15, 0.2) is 48.5 Å². The zero-order valence-corrected chi connectivity index (χ0v) is 17.0. The van der Waals surface area contributed by atoms with Gasteiger partial charge in [-0.25, -0.2) is 0 Å². The number of methoxy groups -OCH3 is 2. The van der Waals surface area contributed by atoms with Gasteiger partial charge in [-0.1, -0.05) is 18.2 Å². The first kappa shape index (κ1) is 20.7. The van der Waals surface area contributed by atoms with E-state index in [2.05, 4.69) is 5.32 Å². The lowest BCUT2D eigenvalue weighted by molar-refractivity contribution is -0.116. The molecule has 6 nitrogen and oxygen atoms in total. The predicted octanol–water partition coefficient (Wildman–Crippen LogP) is 3.97. The molecular weight excluding hydrogens is 368 g/mol. The molecule has 0 unspecified atom stereocenters. The number of hydrogen-bond donors (Lipinski definition) is 1. The zero-order chi connectivity index (χ0) is 20.6. The SMILES string of the molecule is COc1ccc(NC(=O)CCC2CCN(C(=O)c3ccccc3)CC2)c(OC)c1. The van der Waals surface area contributed by atoms with Crippen molar-refractivity contribution in [3.8, 4) is 11.5 Å². The van der Waals surface area contributed by atoms with Crippen LogP contribution in [0.2, 0.25) is 0 Å². The van der Waals surface area contributed by atoms with E-state index in [-0.39, 0.29) is 11.8 Å². The fourth-order valence-electron chi connectivity index (χ4n) is 3.64. The van der Waals surface area contributed by atoms with Crippen LogP contribution in [0.5, 0.6) is 11.5 Å². The molecule has 2 aromatic rings. The van der Waals surface area contributed by atoms with Gasteiger partial charge in [-0.05, 0) is 49.4 Å². The van der Waals surface area contributed by atoms with Crippen LogP contribution < -0.4 is 14.8 Å². The fourth-order valence-corrected chi connectivity index (χ4v) is 3.64. The molecule has 0 atom stereocenters. The molecular formula is C23H28N2O4. The largest absolute Gasteiger partial charge is 0.497 e. The van der Waals surface area contributed by atoms with Crippen molar-refractivity contribution in [1.29, 1.82) is 0 Å². The molecule has 0 bridgehead atoms. The number of amides is 2. The molecule has 1 aliphatic rings. The molecule has 0 aromatic heterocycles. The Morgan fingerprint density at radius 3 is 2.41 bits per heavy atom. The van der Waals surface area contributed by atoms with E-state index in [9.17, 15) is 9.59 Å². The molecule has 1 aliphatic heterocycles. The van der Waals surface area contributed by atoms with Crippen LogP contribution in [0.25, 0.3) is 0 Å². The molecule has 2 aromatic carbocycles. The lowest BCUT2D eigenvalue weighted by atomic mass is 9.91. The average Bonchev–Trinajstić information content (AvgIpc) is 2.78. The molecule has 2 amide bonds. The highest BCUT2D eigenvalue weighted by molar-refractivity contribution is 5.94. The van der Waals surface area contributed by atoms with E-state index in [0.29, 0.717) is 29.5 Å². The predicted molar refractivity (Wildman–Crippen MR) is 112 cm³/mol. The number of ether oxygens (including phenoxy) is 2. The summed E-state index contributed by atoms with van der Waals surface area (Å²) in [5, 5.41) is 2.92. The minimum atomic E-state index is -0.0312. The third-order valence-corrected chi connectivity index (χ3v) is 5.38. The maximum Gasteiger partial charge on any atom is 0.253 e. The van der Waals surface area contributed by atoms with Gasteiger partial charge in [0.2, 0.25) is 5.91 Å². The molecule has 1 fully saturated rings. The van der Waals surface area contributed by atoms with Gasteiger partial charge in [0.25, 0.3) is 5.91 Å². The number of rotatable bonds is 7. The van der Waals surface area contributed by atoms with E-state index in [4.69, 9.17) is 9.47 Å². The number of carbonyl (C=O) groups is 2. The van der Waals surface area contributed by atoms with Crippen LogP contribution in [-0.2, 0) is 4.79 Å². The number of piperidine rings is 1. The third-order valence-electron chi connectivity index (χ3n) is 5.38. The smallest absolute Gasteiger partial charge is 0.253 e. The Hall–Kier alpha value is -3.02. The van der Waals surface area contributed by atoms with Crippen molar-refractivity contribution < 1.29 is 19.1 Å². The molecule has 3 rings (SSSR count). The van der Waals surface area contributed by atoms with E-state index < -0.39 is 0 Å². The summed E-state index contributed by atoms with van der Waals surface area (Å²) in [5.41, 5.74) is 1.38. The second kappa shape index (κ2) is 9.96. The minimum Gasteiger partial charge on any atom is -0.497 e.